The second kappa shape index (κ2) is 9.51. The van der Waals surface area contributed by atoms with Gasteiger partial charge in [-0.15, -0.1) is 10.2 Å². The fourth-order valence-electron chi connectivity index (χ4n) is 2.72. The van der Waals surface area contributed by atoms with E-state index in [9.17, 15) is 0 Å². The van der Waals surface area contributed by atoms with Crippen molar-refractivity contribution in [2.24, 2.45) is 4.99 Å². The zero-order valence-electron chi connectivity index (χ0n) is 15.8. The molecule has 0 saturated heterocycles. The maximum atomic E-state index is 4.67. The summed E-state index contributed by atoms with van der Waals surface area (Å²) in [6.45, 7) is 7.13. The summed E-state index contributed by atoms with van der Waals surface area (Å²) in [5.41, 5.74) is 2.19. The van der Waals surface area contributed by atoms with E-state index in [2.05, 4.69) is 73.6 Å². The molecule has 0 aliphatic carbocycles. The van der Waals surface area contributed by atoms with Crippen molar-refractivity contribution in [3.63, 3.8) is 0 Å². The number of nitrogens with one attached hydrogen (secondary N) is 2. The molecule has 2 aromatic heterocycles. The van der Waals surface area contributed by atoms with Gasteiger partial charge in [-0.05, 0) is 30.7 Å². The average Bonchev–Trinajstić information content (AvgIpc) is 3.38. The lowest BCUT2D eigenvalue weighted by Crippen LogP contribution is -2.38. The van der Waals surface area contributed by atoms with Crippen molar-refractivity contribution in [2.75, 3.05) is 13.1 Å². The van der Waals surface area contributed by atoms with E-state index in [1.165, 1.54) is 0 Å². The molecule has 0 spiro atoms. The summed E-state index contributed by atoms with van der Waals surface area (Å²) in [5, 5.41) is 18.9. The number of nitrogens with zero attached hydrogens (tertiary/aromatic N) is 6. The van der Waals surface area contributed by atoms with Gasteiger partial charge in [0.25, 0.3) is 0 Å². The Bertz CT molecular complexity index is 833. The fourth-order valence-corrected chi connectivity index (χ4v) is 2.72. The zero-order valence-corrected chi connectivity index (χ0v) is 15.8. The van der Waals surface area contributed by atoms with E-state index in [4.69, 9.17) is 0 Å². The van der Waals surface area contributed by atoms with Crippen LogP contribution in [-0.2, 0) is 19.5 Å². The Morgan fingerprint density at radius 2 is 2.00 bits per heavy atom. The van der Waals surface area contributed by atoms with E-state index >= 15 is 0 Å². The minimum Gasteiger partial charge on any atom is -0.357 e. The molecule has 0 aliphatic heterocycles. The first-order chi connectivity index (χ1) is 13.3. The molecule has 0 radical (unpaired) electrons. The molecule has 27 heavy (non-hydrogen) atoms. The van der Waals surface area contributed by atoms with Gasteiger partial charge >= 0.3 is 0 Å². The van der Waals surface area contributed by atoms with Gasteiger partial charge < -0.3 is 15.2 Å². The van der Waals surface area contributed by atoms with Gasteiger partial charge in [0.2, 0.25) is 0 Å². The summed E-state index contributed by atoms with van der Waals surface area (Å²) < 4.78 is 3.90. The Hall–Kier alpha value is -3.16. The Morgan fingerprint density at radius 1 is 1.15 bits per heavy atom. The van der Waals surface area contributed by atoms with Gasteiger partial charge in [0.1, 0.15) is 12.2 Å². The zero-order chi connectivity index (χ0) is 18.9. The number of hydrogen-bond donors (Lipinski definition) is 2. The first-order valence-electron chi connectivity index (χ1n) is 9.28. The summed E-state index contributed by atoms with van der Waals surface area (Å²) >= 11 is 0. The Morgan fingerprint density at radius 3 is 2.70 bits per heavy atom. The lowest BCUT2D eigenvalue weighted by atomic mass is 10.2. The molecule has 8 nitrogen and oxygen atoms in total. The maximum Gasteiger partial charge on any atom is 0.191 e. The summed E-state index contributed by atoms with van der Waals surface area (Å²) in [7, 11) is 0. The molecule has 0 fully saturated rings. The quantitative estimate of drug-likeness (QED) is 0.469. The van der Waals surface area contributed by atoms with E-state index in [0.29, 0.717) is 6.54 Å². The molecule has 0 saturated carbocycles. The highest BCUT2D eigenvalue weighted by Gasteiger charge is 2.03. The predicted molar refractivity (Wildman–Crippen MR) is 106 cm³/mol. The fraction of sp³-hybridized carbons (Fsp3) is 0.368. The number of rotatable bonds is 8. The van der Waals surface area contributed by atoms with Crippen LogP contribution in [-0.4, -0.2) is 43.6 Å². The van der Waals surface area contributed by atoms with Crippen LogP contribution in [0.1, 0.15) is 25.2 Å². The summed E-state index contributed by atoms with van der Waals surface area (Å²) in [5.74, 6) is 1.80. The second-order valence-corrected chi connectivity index (χ2v) is 6.03. The van der Waals surface area contributed by atoms with E-state index in [-0.39, 0.29) is 0 Å². The summed E-state index contributed by atoms with van der Waals surface area (Å²) in [6, 6.07) is 10.2. The second-order valence-electron chi connectivity index (χ2n) is 6.03. The van der Waals surface area contributed by atoms with Gasteiger partial charge in [0, 0.05) is 38.4 Å². The Labute approximate surface area is 159 Å². The van der Waals surface area contributed by atoms with Crippen molar-refractivity contribution in [3.8, 4) is 5.69 Å². The van der Waals surface area contributed by atoms with Crippen LogP contribution in [0.15, 0.2) is 54.0 Å². The van der Waals surface area contributed by atoms with Gasteiger partial charge in [-0.3, -0.25) is 0 Å². The Balaban J connectivity index is 1.55. The monoisotopic (exact) mass is 366 g/mol. The smallest absolute Gasteiger partial charge is 0.191 e. The van der Waals surface area contributed by atoms with Crippen LogP contribution in [0.2, 0.25) is 0 Å². The summed E-state index contributed by atoms with van der Waals surface area (Å²) in [6.07, 6.45) is 6.35. The molecule has 2 heterocycles. The van der Waals surface area contributed by atoms with Crippen molar-refractivity contribution in [3.05, 3.63) is 60.4 Å². The summed E-state index contributed by atoms with van der Waals surface area (Å²) in [4.78, 5) is 4.67. The van der Waals surface area contributed by atoms with Crippen LogP contribution in [0.5, 0.6) is 0 Å². The van der Waals surface area contributed by atoms with Gasteiger partial charge in [0.15, 0.2) is 5.96 Å². The van der Waals surface area contributed by atoms with Crippen LogP contribution in [0, 0.1) is 0 Å². The molecule has 0 aliphatic rings. The molecule has 142 valence electrons. The topological polar surface area (TPSA) is 85.0 Å². The molecule has 0 unspecified atom stereocenters. The van der Waals surface area contributed by atoms with Crippen molar-refractivity contribution < 1.29 is 0 Å². The molecular weight excluding hydrogens is 340 g/mol. The third-order valence-corrected chi connectivity index (χ3v) is 4.13. The minimum absolute atomic E-state index is 0.613. The predicted octanol–water partition coefficient (Wildman–Crippen LogP) is 1.78. The number of benzene rings is 1. The number of aliphatic imine (C=N–C) groups is 1. The number of aryl methyl sites for hydroxylation is 1. The van der Waals surface area contributed by atoms with Crippen molar-refractivity contribution in [1.29, 1.82) is 0 Å². The number of hydrogen-bond acceptors (Lipinski definition) is 4. The highest BCUT2D eigenvalue weighted by Crippen LogP contribution is 2.09. The third kappa shape index (κ3) is 5.16. The van der Waals surface area contributed by atoms with Crippen molar-refractivity contribution in [1.82, 2.24) is 35.2 Å². The van der Waals surface area contributed by atoms with Crippen LogP contribution in [0.25, 0.3) is 5.69 Å². The van der Waals surface area contributed by atoms with Gasteiger partial charge in [-0.25, -0.2) is 9.67 Å². The van der Waals surface area contributed by atoms with Crippen LogP contribution in [0.4, 0.5) is 0 Å². The number of aromatic nitrogens is 5. The molecule has 8 heteroatoms. The van der Waals surface area contributed by atoms with Crippen molar-refractivity contribution >= 4 is 5.96 Å². The SMILES string of the molecule is CCNC(=NCc1ccc(-n2cccn2)cc1)NCCn1cnnc1CC. The van der Waals surface area contributed by atoms with E-state index in [0.717, 1.165) is 49.1 Å². The highest BCUT2D eigenvalue weighted by molar-refractivity contribution is 5.79. The van der Waals surface area contributed by atoms with Gasteiger partial charge in [0.05, 0.1) is 12.2 Å². The van der Waals surface area contributed by atoms with E-state index in [1.54, 1.807) is 12.5 Å². The molecule has 1 aromatic carbocycles. The minimum atomic E-state index is 0.613. The van der Waals surface area contributed by atoms with Crippen LogP contribution >= 0.6 is 0 Å². The molecule has 0 amide bonds. The Kier molecular flexibility index (Phi) is 6.56. The van der Waals surface area contributed by atoms with Crippen LogP contribution in [0.3, 0.4) is 0 Å². The normalized spacial score (nSPS) is 11.6. The van der Waals surface area contributed by atoms with Gasteiger partial charge in [-0.2, -0.15) is 5.10 Å². The first-order valence-corrected chi connectivity index (χ1v) is 9.28. The lowest BCUT2D eigenvalue weighted by molar-refractivity contribution is 0.632. The number of guanidine groups is 1. The first kappa shape index (κ1) is 18.6. The molecule has 2 N–H and O–H groups in total. The lowest BCUT2D eigenvalue weighted by Gasteiger charge is -2.12. The van der Waals surface area contributed by atoms with Gasteiger partial charge in [-0.1, -0.05) is 19.1 Å². The molecule has 0 atom stereocenters. The molecule has 3 aromatic rings. The highest BCUT2D eigenvalue weighted by atomic mass is 15.3. The third-order valence-electron chi connectivity index (χ3n) is 4.13. The largest absolute Gasteiger partial charge is 0.357 e. The average molecular weight is 366 g/mol. The molecule has 3 rings (SSSR count). The standard InChI is InChI=1S/C19H26N8/c1-3-18-25-23-15-26(18)13-11-21-19(20-4-2)22-14-16-6-8-17(9-7-16)27-12-5-10-24-27/h5-10,12,15H,3-4,11,13-14H2,1-2H3,(H2,20,21,22). The molecular formula is C19H26N8. The van der Waals surface area contributed by atoms with E-state index in [1.807, 2.05) is 16.9 Å². The van der Waals surface area contributed by atoms with Crippen molar-refractivity contribution in [2.45, 2.75) is 33.4 Å². The molecule has 0 bridgehead atoms. The maximum absolute atomic E-state index is 4.67. The van der Waals surface area contributed by atoms with Crippen LogP contribution < -0.4 is 10.6 Å². The van der Waals surface area contributed by atoms with E-state index < -0.39 is 0 Å².